The topological polar surface area (TPSA) is 12.9 Å². The number of benzene rings is 1. The van der Waals surface area contributed by atoms with Gasteiger partial charge in [0, 0.05) is 11.6 Å². The normalized spacial score (nSPS) is 12.4. The van der Waals surface area contributed by atoms with E-state index in [1.807, 2.05) is 24.3 Å². The molecule has 2 rings (SSSR count). The summed E-state index contributed by atoms with van der Waals surface area (Å²) in [6.45, 7) is -4.88. The van der Waals surface area contributed by atoms with Crippen molar-refractivity contribution < 1.29 is 12.9 Å². The van der Waals surface area contributed by atoms with E-state index in [1.54, 1.807) is 6.07 Å². The Bertz CT molecular complexity index is 534. The third-order valence-corrected chi connectivity index (χ3v) is 2.12. The van der Waals surface area contributed by atoms with Crippen LogP contribution in [0.5, 0.6) is 0 Å². The van der Waals surface area contributed by atoms with Gasteiger partial charge in [-0.3, -0.25) is 4.98 Å². The van der Waals surface area contributed by atoms with Gasteiger partial charge in [-0.2, -0.15) is 0 Å². The summed E-state index contributed by atoms with van der Waals surface area (Å²) in [5.41, 5.74) is 1.23. The van der Waals surface area contributed by atoms with Gasteiger partial charge in [0.1, 0.15) is 0 Å². The minimum Gasteiger partial charge on any atom is -0.445 e. The van der Waals surface area contributed by atoms with Crippen molar-refractivity contribution >= 4 is 24.0 Å². The van der Waals surface area contributed by atoms with E-state index in [1.165, 1.54) is 6.20 Å². The van der Waals surface area contributed by atoms with Gasteiger partial charge in [0.05, 0.1) is 5.52 Å². The molecule has 0 saturated heterocycles. The molecular formula is C11H8BF3N-. The molecule has 0 saturated carbocycles. The fraction of sp³-hybridized carbons (Fsp3) is 0. The van der Waals surface area contributed by atoms with E-state index in [2.05, 4.69) is 4.98 Å². The van der Waals surface area contributed by atoms with Crippen molar-refractivity contribution in [2.24, 2.45) is 0 Å². The lowest BCUT2D eigenvalue weighted by molar-refractivity contribution is 0.499. The highest BCUT2D eigenvalue weighted by molar-refractivity contribution is 6.64. The number of aromatic nitrogens is 1. The Morgan fingerprint density at radius 3 is 2.62 bits per heavy atom. The maximum absolute atomic E-state index is 12.0. The molecule has 0 spiro atoms. The third kappa shape index (κ3) is 2.62. The van der Waals surface area contributed by atoms with Crippen LogP contribution in [-0.2, 0) is 0 Å². The van der Waals surface area contributed by atoms with Crippen LogP contribution in [0.4, 0.5) is 12.9 Å². The summed E-state index contributed by atoms with van der Waals surface area (Å²) < 4.78 is 36.0. The van der Waals surface area contributed by atoms with Gasteiger partial charge in [-0.05, 0) is 17.7 Å². The Hall–Kier alpha value is -1.78. The van der Waals surface area contributed by atoms with E-state index in [9.17, 15) is 12.9 Å². The lowest BCUT2D eigenvalue weighted by Crippen LogP contribution is -2.09. The van der Waals surface area contributed by atoms with Gasteiger partial charge in [0.15, 0.2) is 0 Å². The molecule has 82 valence electrons. The Kier molecular flexibility index (Phi) is 2.68. The number of rotatable bonds is 2. The molecule has 0 aliphatic heterocycles. The van der Waals surface area contributed by atoms with E-state index in [0.29, 0.717) is 5.56 Å². The fourth-order valence-electron chi connectivity index (χ4n) is 1.40. The monoisotopic (exact) mass is 222 g/mol. The summed E-state index contributed by atoms with van der Waals surface area (Å²) in [6.07, 6.45) is 2.47. The van der Waals surface area contributed by atoms with Crippen LogP contribution in [0, 0.1) is 0 Å². The summed E-state index contributed by atoms with van der Waals surface area (Å²) in [5.74, 6) is 0.270. The number of para-hydroxylation sites is 1. The van der Waals surface area contributed by atoms with Crippen LogP contribution in [0.25, 0.3) is 17.0 Å². The van der Waals surface area contributed by atoms with Gasteiger partial charge < -0.3 is 12.9 Å². The maximum atomic E-state index is 12.0. The molecule has 0 fully saturated rings. The Morgan fingerprint density at radius 2 is 1.88 bits per heavy atom. The second kappa shape index (κ2) is 4.00. The summed E-state index contributed by atoms with van der Waals surface area (Å²) >= 11 is 0. The van der Waals surface area contributed by atoms with Crippen LogP contribution in [0.15, 0.2) is 42.5 Å². The summed E-state index contributed by atoms with van der Waals surface area (Å²) in [6, 6.07) is 8.98. The molecule has 2 aromatic rings. The van der Waals surface area contributed by atoms with E-state index >= 15 is 0 Å². The molecule has 0 atom stereocenters. The van der Waals surface area contributed by atoms with E-state index in [-0.39, 0.29) is 5.98 Å². The average Bonchev–Trinajstić information content (AvgIpc) is 2.25. The molecule has 5 heteroatoms. The number of hydrogen-bond donors (Lipinski definition) is 0. The number of fused-ring (bicyclic) bond motifs is 1. The highest BCUT2D eigenvalue weighted by atomic mass is 19.4. The molecule has 0 amide bonds. The van der Waals surface area contributed by atoms with E-state index < -0.39 is 6.98 Å². The Morgan fingerprint density at radius 1 is 1.12 bits per heavy atom. The molecule has 0 aliphatic rings. The van der Waals surface area contributed by atoms with Crippen LogP contribution in [0.3, 0.4) is 0 Å². The molecule has 1 aromatic carbocycles. The number of nitrogens with zero attached hydrogens (tertiary/aromatic N) is 1. The van der Waals surface area contributed by atoms with Crippen molar-refractivity contribution in [1.82, 2.24) is 4.98 Å². The number of halogens is 3. The molecule has 0 bridgehead atoms. The first-order valence-electron chi connectivity index (χ1n) is 4.79. The minimum atomic E-state index is -4.88. The quantitative estimate of drug-likeness (QED) is 0.706. The largest absolute Gasteiger partial charge is 0.502 e. The fourth-order valence-corrected chi connectivity index (χ4v) is 1.40. The Balaban J connectivity index is 2.37. The summed E-state index contributed by atoms with van der Waals surface area (Å²) in [5, 5.41) is 0.833. The molecule has 0 N–H and O–H groups in total. The smallest absolute Gasteiger partial charge is 0.445 e. The van der Waals surface area contributed by atoms with Crippen molar-refractivity contribution in [1.29, 1.82) is 0 Å². The highest BCUT2D eigenvalue weighted by Crippen LogP contribution is 2.16. The van der Waals surface area contributed by atoms with Crippen molar-refractivity contribution in [3.8, 4) is 0 Å². The van der Waals surface area contributed by atoms with Gasteiger partial charge in [-0.15, -0.1) is 5.98 Å². The lowest BCUT2D eigenvalue weighted by Gasteiger charge is -2.06. The lowest BCUT2D eigenvalue weighted by atomic mass is 9.91. The maximum Gasteiger partial charge on any atom is 0.502 e. The third-order valence-electron chi connectivity index (χ3n) is 2.12. The standard InChI is InChI=1S/C11H8BF3N/c13-12(14,15)6-5-9-7-10-3-1-2-4-11(10)16-8-9/h1-8H/q-1/b6-5+. The first kappa shape index (κ1) is 10.7. The zero-order valence-corrected chi connectivity index (χ0v) is 8.28. The van der Waals surface area contributed by atoms with Gasteiger partial charge in [0.25, 0.3) is 0 Å². The Labute approximate surface area is 90.7 Å². The molecule has 0 radical (unpaired) electrons. The molecule has 16 heavy (non-hydrogen) atoms. The first-order chi connectivity index (χ1) is 7.54. The van der Waals surface area contributed by atoms with Crippen molar-refractivity contribution in [2.45, 2.75) is 0 Å². The van der Waals surface area contributed by atoms with Crippen molar-refractivity contribution in [2.75, 3.05) is 0 Å². The van der Waals surface area contributed by atoms with Crippen molar-refractivity contribution in [3.63, 3.8) is 0 Å². The molecule has 1 aromatic heterocycles. The van der Waals surface area contributed by atoms with E-state index in [4.69, 9.17) is 0 Å². The predicted octanol–water partition coefficient (Wildman–Crippen LogP) is 3.63. The molecule has 0 unspecified atom stereocenters. The van der Waals surface area contributed by atoms with Crippen LogP contribution < -0.4 is 0 Å². The number of pyridine rings is 1. The van der Waals surface area contributed by atoms with E-state index in [0.717, 1.165) is 17.0 Å². The molecule has 0 aliphatic carbocycles. The van der Waals surface area contributed by atoms with Gasteiger partial charge in [-0.25, -0.2) is 0 Å². The number of hydrogen-bond acceptors (Lipinski definition) is 1. The summed E-state index contributed by atoms with van der Waals surface area (Å²) in [7, 11) is 0. The van der Waals surface area contributed by atoms with Gasteiger partial charge in [-0.1, -0.05) is 24.3 Å². The predicted molar refractivity (Wildman–Crippen MR) is 59.9 cm³/mol. The van der Waals surface area contributed by atoms with Crippen LogP contribution in [0.1, 0.15) is 5.56 Å². The average molecular weight is 222 g/mol. The zero-order valence-electron chi connectivity index (χ0n) is 8.28. The van der Waals surface area contributed by atoms with Gasteiger partial charge >= 0.3 is 6.98 Å². The minimum absolute atomic E-state index is 0.270. The highest BCUT2D eigenvalue weighted by Gasteiger charge is 2.16. The zero-order chi connectivity index (χ0) is 11.6. The second-order valence-electron chi connectivity index (χ2n) is 3.45. The van der Waals surface area contributed by atoms with Crippen LogP contribution in [-0.4, -0.2) is 12.0 Å². The molecular weight excluding hydrogens is 214 g/mol. The molecule has 1 heterocycles. The first-order valence-corrected chi connectivity index (χ1v) is 4.79. The van der Waals surface area contributed by atoms with Crippen LogP contribution >= 0.6 is 0 Å². The van der Waals surface area contributed by atoms with Crippen LogP contribution in [0.2, 0.25) is 0 Å². The SMILES string of the molecule is F[B-](F)(F)/C=C/c1cnc2ccccc2c1. The molecule has 1 nitrogen and oxygen atoms in total. The second-order valence-corrected chi connectivity index (χ2v) is 3.45. The summed E-state index contributed by atoms with van der Waals surface area (Å²) in [4.78, 5) is 4.07. The van der Waals surface area contributed by atoms with Gasteiger partial charge in [0.2, 0.25) is 0 Å². The van der Waals surface area contributed by atoms with Crippen molar-refractivity contribution in [3.05, 3.63) is 48.1 Å².